The molecule has 0 unspecified atom stereocenters. The van der Waals surface area contributed by atoms with Gasteiger partial charge in [-0.2, -0.15) is 38.1 Å². The average molecular weight is 660 g/mol. The van der Waals surface area contributed by atoms with Crippen molar-refractivity contribution in [1.82, 2.24) is 4.98 Å². The highest BCUT2D eigenvalue weighted by molar-refractivity contribution is 7.99. The highest BCUT2D eigenvalue weighted by Gasteiger charge is 2.41. The van der Waals surface area contributed by atoms with Crippen LogP contribution in [0.15, 0.2) is 48.7 Å². The molecule has 3 aromatic rings. The van der Waals surface area contributed by atoms with Gasteiger partial charge in [0.25, 0.3) is 0 Å². The van der Waals surface area contributed by atoms with E-state index in [0.717, 1.165) is 24.6 Å². The number of aryl methyl sites for hydroxylation is 1. The van der Waals surface area contributed by atoms with E-state index in [0.29, 0.717) is 34.6 Å². The molecule has 1 fully saturated rings. The van der Waals surface area contributed by atoms with Crippen LogP contribution in [0.2, 0.25) is 0 Å². The maximum Gasteiger partial charge on any atom is 0.416 e. The van der Waals surface area contributed by atoms with E-state index < -0.39 is 46.2 Å². The maximum absolute atomic E-state index is 14.0. The van der Waals surface area contributed by atoms with E-state index in [-0.39, 0.29) is 11.8 Å². The van der Waals surface area contributed by atoms with Crippen LogP contribution in [0.1, 0.15) is 63.8 Å². The number of aromatic nitrogens is 1. The minimum atomic E-state index is -5.05. The summed E-state index contributed by atoms with van der Waals surface area (Å²) in [5.41, 5.74) is -3.26. The fourth-order valence-corrected chi connectivity index (χ4v) is 5.69. The minimum Gasteiger partial charge on any atom is -0.355 e. The molecule has 0 spiro atoms. The Morgan fingerprint density at radius 2 is 1.33 bits per heavy atom. The molecule has 4 nitrogen and oxygen atoms in total. The molecule has 1 aromatic heterocycles. The van der Waals surface area contributed by atoms with E-state index in [1.165, 1.54) is 44.1 Å². The topological polar surface area (TPSA) is 36.4 Å². The molecule has 1 saturated heterocycles. The van der Waals surface area contributed by atoms with Crippen molar-refractivity contribution in [3.05, 3.63) is 76.7 Å². The number of halogens is 7. The SMILES string of the molecule is CC.CC.Cc1cc(F)ccc1-c1cc(N2CCSCC2)ncc1N(C)C(=O)C(C)(C)c1cc(C(F)(F)F)cc(C(F)(F)F)c1. The molecule has 0 N–H and O–H groups in total. The summed E-state index contributed by atoms with van der Waals surface area (Å²) in [7, 11) is 1.39. The monoisotopic (exact) mass is 659 g/mol. The zero-order chi connectivity index (χ0) is 34.3. The lowest BCUT2D eigenvalue weighted by molar-refractivity contribution is -0.143. The van der Waals surface area contributed by atoms with Gasteiger partial charge in [-0.25, -0.2) is 9.37 Å². The second-order valence-corrected chi connectivity index (χ2v) is 11.6. The van der Waals surface area contributed by atoms with Crippen LogP contribution < -0.4 is 9.80 Å². The summed E-state index contributed by atoms with van der Waals surface area (Å²) < 4.78 is 95.2. The van der Waals surface area contributed by atoms with Gasteiger partial charge in [-0.1, -0.05) is 33.8 Å². The van der Waals surface area contributed by atoms with E-state index in [9.17, 15) is 35.5 Å². The number of alkyl halides is 6. The van der Waals surface area contributed by atoms with Gasteiger partial charge in [-0.15, -0.1) is 0 Å². The number of carbonyl (C=O) groups is 1. The van der Waals surface area contributed by atoms with E-state index in [2.05, 4.69) is 9.88 Å². The number of hydrogen-bond donors (Lipinski definition) is 0. The molecular weight excluding hydrogens is 619 g/mol. The third-order valence-corrected chi connectivity index (χ3v) is 8.13. The molecule has 0 atom stereocenters. The van der Waals surface area contributed by atoms with Crippen LogP contribution in [-0.4, -0.2) is 42.5 Å². The Balaban J connectivity index is 0.00000169. The maximum atomic E-state index is 14.0. The van der Waals surface area contributed by atoms with Crippen LogP contribution in [0.25, 0.3) is 11.1 Å². The van der Waals surface area contributed by atoms with Crippen LogP contribution >= 0.6 is 11.8 Å². The first-order valence-corrected chi connectivity index (χ1v) is 15.8. The summed E-state index contributed by atoms with van der Waals surface area (Å²) in [6.07, 6.45) is -8.65. The molecule has 2 heterocycles. The first-order chi connectivity index (χ1) is 21.0. The average Bonchev–Trinajstić information content (AvgIpc) is 3.01. The summed E-state index contributed by atoms with van der Waals surface area (Å²) in [5.74, 6) is 1.23. The van der Waals surface area contributed by atoms with Crippen molar-refractivity contribution in [1.29, 1.82) is 0 Å². The van der Waals surface area contributed by atoms with Gasteiger partial charge in [0.05, 0.1) is 28.4 Å². The van der Waals surface area contributed by atoms with Crippen molar-refractivity contribution < 1.29 is 35.5 Å². The fourth-order valence-electron chi connectivity index (χ4n) is 4.78. The van der Waals surface area contributed by atoms with Gasteiger partial charge in [-0.05, 0) is 73.9 Å². The highest BCUT2D eigenvalue weighted by Crippen LogP contribution is 2.41. The minimum absolute atomic E-state index is 0.0327. The predicted octanol–water partition coefficient (Wildman–Crippen LogP) is 9.78. The summed E-state index contributed by atoms with van der Waals surface area (Å²) in [6, 6.07) is 7.12. The second kappa shape index (κ2) is 15.3. The van der Waals surface area contributed by atoms with Gasteiger partial charge in [0.1, 0.15) is 11.6 Å². The van der Waals surface area contributed by atoms with Gasteiger partial charge in [0.15, 0.2) is 0 Å². The first-order valence-electron chi connectivity index (χ1n) is 14.7. The number of hydrogen-bond acceptors (Lipinski definition) is 4. The Hall–Kier alpha value is -3.28. The Kier molecular flexibility index (Phi) is 12.9. The fraction of sp³-hybridized carbons (Fsp3) is 0.455. The zero-order valence-electron chi connectivity index (χ0n) is 26.8. The van der Waals surface area contributed by atoms with Crippen LogP contribution in [0, 0.1) is 12.7 Å². The van der Waals surface area contributed by atoms with E-state index in [1.54, 1.807) is 19.1 Å². The van der Waals surface area contributed by atoms with Crippen molar-refractivity contribution in [2.24, 2.45) is 0 Å². The molecule has 2 aromatic carbocycles. The zero-order valence-corrected chi connectivity index (χ0v) is 27.6. The van der Waals surface area contributed by atoms with Gasteiger partial charge in [-0.3, -0.25) is 4.79 Å². The first kappa shape index (κ1) is 37.9. The number of nitrogens with zero attached hydrogens (tertiary/aromatic N) is 3. The summed E-state index contributed by atoms with van der Waals surface area (Å²) >= 11 is 1.81. The summed E-state index contributed by atoms with van der Waals surface area (Å²) in [4.78, 5) is 21.7. The number of carbonyl (C=O) groups excluding carboxylic acids is 1. The molecule has 4 rings (SSSR count). The normalized spacial score (nSPS) is 13.7. The molecule has 0 radical (unpaired) electrons. The van der Waals surface area contributed by atoms with Crippen molar-refractivity contribution in [3.8, 4) is 11.1 Å². The number of thioether (sulfide) groups is 1. The second-order valence-electron chi connectivity index (χ2n) is 10.4. The molecule has 0 saturated carbocycles. The smallest absolute Gasteiger partial charge is 0.355 e. The van der Waals surface area contributed by atoms with Gasteiger partial charge in [0, 0.05) is 37.2 Å². The molecule has 45 heavy (non-hydrogen) atoms. The molecule has 1 aliphatic heterocycles. The Bertz CT molecular complexity index is 1420. The summed E-state index contributed by atoms with van der Waals surface area (Å²) in [6.45, 7) is 13.7. The number of rotatable bonds is 5. The van der Waals surface area contributed by atoms with Crippen molar-refractivity contribution >= 4 is 29.2 Å². The highest BCUT2D eigenvalue weighted by atomic mass is 32.2. The standard InChI is InChI=1S/C29H28F7N3OS.2C2H6/c1-17-11-21(30)5-6-22(17)23-15-25(39-7-9-41-10-8-39)37-16-24(23)38(4)26(40)27(2,3)18-12-19(28(31,32)33)14-20(13-18)29(34,35)36;2*1-2/h5-6,11-16H,7-10H2,1-4H3;2*1-2H3. The number of amides is 1. The largest absolute Gasteiger partial charge is 0.416 e. The van der Waals surface area contributed by atoms with E-state index in [1.807, 2.05) is 39.5 Å². The Morgan fingerprint density at radius 3 is 1.82 bits per heavy atom. The number of anilines is 2. The predicted molar refractivity (Wildman–Crippen MR) is 169 cm³/mol. The molecule has 248 valence electrons. The van der Waals surface area contributed by atoms with Crippen molar-refractivity contribution in [3.63, 3.8) is 0 Å². The third-order valence-electron chi connectivity index (χ3n) is 7.19. The van der Waals surface area contributed by atoms with E-state index >= 15 is 0 Å². The summed E-state index contributed by atoms with van der Waals surface area (Å²) in [5, 5.41) is 0. The van der Waals surface area contributed by atoms with Crippen molar-refractivity contribution in [2.45, 2.75) is 66.2 Å². The molecular formula is C33H40F7N3OS. The molecule has 1 amide bonds. The van der Waals surface area contributed by atoms with Gasteiger partial charge in [0.2, 0.25) is 5.91 Å². The van der Waals surface area contributed by atoms with Crippen LogP contribution in [0.3, 0.4) is 0 Å². The molecule has 0 aliphatic carbocycles. The number of likely N-dealkylation sites (N-methyl/N-ethyl adjacent to an activating group) is 1. The Morgan fingerprint density at radius 1 is 0.822 bits per heavy atom. The van der Waals surface area contributed by atoms with Crippen LogP contribution in [0.5, 0.6) is 0 Å². The molecule has 12 heteroatoms. The lowest BCUT2D eigenvalue weighted by Gasteiger charge is -2.33. The number of pyridine rings is 1. The Labute approximate surface area is 265 Å². The van der Waals surface area contributed by atoms with Crippen molar-refractivity contribution in [2.75, 3.05) is 41.4 Å². The van der Waals surface area contributed by atoms with Crippen LogP contribution in [-0.2, 0) is 22.6 Å². The van der Waals surface area contributed by atoms with Crippen LogP contribution in [0.4, 0.5) is 42.2 Å². The van der Waals surface area contributed by atoms with E-state index in [4.69, 9.17) is 0 Å². The third kappa shape index (κ3) is 8.92. The lowest BCUT2D eigenvalue weighted by Crippen LogP contribution is -2.42. The van der Waals surface area contributed by atoms with Gasteiger partial charge >= 0.3 is 12.4 Å². The molecule has 1 aliphatic rings. The number of benzene rings is 2. The lowest BCUT2D eigenvalue weighted by atomic mass is 9.81. The van der Waals surface area contributed by atoms with Gasteiger partial charge < -0.3 is 9.80 Å². The quantitative estimate of drug-likeness (QED) is 0.256. The molecule has 0 bridgehead atoms.